The molecule has 5 nitrogen and oxygen atoms in total. The van der Waals surface area contributed by atoms with Crippen LogP contribution in [0.15, 0.2) is 46.9 Å². The molecule has 0 aliphatic carbocycles. The number of hydrogen-bond donors (Lipinski definition) is 2. The number of carbonyl (C=O) groups excluding carboxylic acids is 2. The number of hydrogen-bond acceptors (Lipinski definition) is 3. The molecule has 29 heavy (non-hydrogen) atoms. The van der Waals surface area contributed by atoms with E-state index in [0.29, 0.717) is 29.4 Å². The molecule has 0 saturated heterocycles. The predicted octanol–water partition coefficient (Wildman–Crippen LogP) is 5.25. The van der Waals surface area contributed by atoms with Crippen molar-refractivity contribution in [1.29, 1.82) is 0 Å². The normalized spacial score (nSPS) is 11.3. The van der Waals surface area contributed by atoms with Gasteiger partial charge in [-0.2, -0.15) is 0 Å². The maximum Gasteiger partial charge on any atom is 0.273 e. The zero-order valence-electron chi connectivity index (χ0n) is 17.6. The highest BCUT2D eigenvalue weighted by Crippen LogP contribution is 2.24. The van der Waals surface area contributed by atoms with Crippen molar-refractivity contribution in [2.75, 3.05) is 6.61 Å². The van der Waals surface area contributed by atoms with E-state index in [2.05, 4.69) is 61.4 Å². The first-order valence-corrected chi connectivity index (χ1v) is 10.5. The van der Waals surface area contributed by atoms with Gasteiger partial charge in [-0.1, -0.05) is 62.7 Å². The molecule has 0 aliphatic rings. The standard InChI is InChI=1S/C23H29BrN2O3/c1-15(2)12-13-29-20-11-10-18(24)14-19(20)22(28)26-25-21(27)16-6-8-17(9-7-16)23(3,4)5/h6-11,14-15H,12-13H2,1-5H3,(H,25,27)(H,26,28). The van der Waals surface area contributed by atoms with Crippen molar-refractivity contribution >= 4 is 27.7 Å². The molecule has 0 aliphatic heterocycles. The van der Waals surface area contributed by atoms with Crippen molar-refractivity contribution in [2.45, 2.75) is 46.5 Å². The Kier molecular flexibility index (Phi) is 7.85. The van der Waals surface area contributed by atoms with E-state index in [4.69, 9.17) is 4.74 Å². The minimum absolute atomic E-state index is 0.00981. The molecule has 0 aromatic heterocycles. The lowest BCUT2D eigenvalue weighted by molar-refractivity contribution is 0.0844. The molecule has 0 spiro atoms. The van der Waals surface area contributed by atoms with Crippen molar-refractivity contribution in [3.63, 3.8) is 0 Å². The molecule has 0 radical (unpaired) electrons. The number of carbonyl (C=O) groups is 2. The fourth-order valence-corrected chi connectivity index (χ4v) is 2.95. The molecule has 2 N–H and O–H groups in total. The third-order valence-corrected chi connectivity index (χ3v) is 4.93. The molecule has 6 heteroatoms. The van der Waals surface area contributed by atoms with Crippen LogP contribution in [0.25, 0.3) is 0 Å². The van der Waals surface area contributed by atoms with Crippen LogP contribution in [-0.2, 0) is 5.41 Å². The summed E-state index contributed by atoms with van der Waals surface area (Å²) in [5, 5.41) is 0. The molecule has 0 fully saturated rings. The fourth-order valence-electron chi connectivity index (χ4n) is 2.58. The Morgan fingerprint density at radius 1 is 1.00 bits per heavy atom. The second kappa shape index (κ2) is 9.92. The zero-order chi connectivity index (χ0) is 21.6. The van der Waals surface area contributed by atoms with Crippen molar-refractivity contribution in [2.24, 2.45) is 5.92 Å². The number of ether oxygens (including phenoxy) is 1. The lowest BCUT2D eigenvalue weighted by atomic mass is 9.87. The Morgan fingerprint density at radius 3 is 2.21 bits per heavy atom. The van der Waals surface area contributed by atoms with E-state index in [0.717, 1.165) is 16.5 Å². The van der Waals surface area contributed by atoms with E-state index < -0.39 is 5.91 Å². The average Bonchev–Trinajstić information content (AvgIpc) is 2.66. The Morgan fingerprint density at radius 2 is 1.62 bits per heavy atom. The van der Waals surface area contributed by atoms with E-state index in [-0.39, 0.29) is 11.3 Å². The van der Waals surface area contributed by atoms with Gasteiger partial charge in [0.25, 0.3) is 11.8 Å². The lowest BCUT2D eigenvalue weighted by Gasteiger charge is -2.19. The highest BCUT2D eigenvalue weighted by molar-refractivity contribution is 9.10. The second-order valence-corrected chi connectivity index (χ2v) is 9.32. The number of hydrazine groups is 1. The van der Waals surface area contributed by atoms with Gasteiger partial charge in [0.15, 0.2) is 0 Å². The summed E-state index contributed by atoms with van der Waals surface area (Å²) in [6.07, 6.45) is 0.887. The molecule has 156 valence electrons. The van der Waals surface area contributed by atoms with Crippen LogP contribution in [0.4, 0.5) is 0 Å². The van der Waals surface area contributed by atoms with Crippen LogP contribution >= 0.6 is 15.9 Å². The van der Waals surface area contributed by atoms with Crippen molar-refractivity contribution in [1.82, 2.24) is 10.9 Å². The van der Waals surface area contributed by atoms with Gasteiger partial charge in [0.1, 0.15) is 5.75 Å². The third kappa shape index (κ3) is 6.89. The Balaban J connectivity index is 2.03. The lowest BCUT2D eigenvalue weighted by Crippen LogP contribution is -2.41. The van der Waals surface area contributed by atoms with Crippen molar-refractivity contribution < 1.29 is 14.3 Å². The maximum absolute atomic E-state index is 12.6. The summed E-state index contributed by atoms with van der Waals surface area (Å²) in [4.78, 5) is 25.0. The molecule has 0 bridgehead atoms. The van der Waals surface area contributed by atoms with Gasteiger partial charge in [0, 0.05) is 10.0 Å². The molecule has 2 rings (SSSR count). The van der Waals surface area contributed by atoms with Gasteiger partial charge >= 0.3 is 0 Å². The quantitative estimate of drug-likeness (QED) is 0.578. The Labute approximate surface area is 181 Å². The summed E-state index contributed by atoms with van der Waals surface area (Å²) in [6.45, 7) is 11.1. The maximum atomic E-state index is 12.6. The molecule has 0 atom stereocenters. The summed E-state index contributed by atoms with van der Waals surface area (Å²) in [7, 11) is 0. The van der Waals surface area contributed by atoms with Crippen molar-refractivity contribution in [3.8, 4) is 5.75 Å². The van der Waals surface area contributed by atoms with Crippen LogP contribution in [0, 0.1) is 5.92 Å². The van der Waals surface area contributed by atoms with E-state index in [1.54, 1.807) is 24.3 Å². The molecule has 2 amide bonds. The van der Waals surface area contributed by atoms with Gasteiger partial charge < -0.3 is 4.74 Å². The number of benzene rings is 2. The van der Waals surface area contributed by atoms with Crippen molar-refractivity contribution in [3.05, 3.63) is 63.6 Å². The van der Waals surface area contributed by atoms with E-state index in [1.807, 2.05) is 18.2 Å². The summed E-state index contributed by atoms with van der Waals surface area (Å²) < 4.78 is 6.52. The first-order chi connectivity index (χ1) is 13.6. The smallest absolute Gasteiger partial charge is 0.273 e. The fraction of sp³-hybridized carbons (Fsp3) is 0.391. The number of halogens is 1. The highest BCUT2D eigenvalue weighted by atomic mass is 79.9. The van der Waals surface area contributed by atoms with E-state index >= 15 is 0 Å². The number of nitrogens with one attached hydrogen (secondary N) is 2. The van der Waals surface area contributed by atoms with Crippen LogP contribution in [0.5, 0.6) is 5.75 Å². The summed E-state index contributed by atoms with van der Waals surface area (Å²) in [5.74, 6) is 0.170. The van der Waals surface area contributed by atoms with Gasteiger partial charge in [0.05, 0.1) is 12.2 Å². The summed E-state index contributed by atoms with van der Waals surface area (Å²) in [5.41, 5.74) is 6.91. The molecule has 0 unspecified atom stereocenters. The summed E-state index contributed by atoms with van der Waals surface area (Å²) in [6, 6.07) is 12.6. The zero-order valence-corrected chi connectivity index (χ0v) is 19.2. The molecule has 2 aromatic carbocycles. The first-order valence-electron chi connectivity index (χ1n) is 9.71. The third-order valence-electron chi connectivity index (χ3n) is 4.44. The largest absolute Gasteiger partial charge is 0.493 e. The predicted molar refractivity (Wildman–Crippen MR) is 119 cm³/mol. The molecule has 0 saturated carbocycles. The van der Waals surface area contributed by atoms with Crippen LogP contribution < -0.4 is 15.6 Å². The average molecular weight is 461 g/mol. The van der Waals surface area contributed by atoms with E-state index in [9.17, 15) is 9.59 Å². The molecular weight excluding hydrogens is 432 g/mol. The van der Waals surface area contributed by atoms with Crippen LogP contribution in [-0.4, -0.2) is 18.4 Å². The van der Waals surface area contributed by atoms with Gasteiger partial charge in [0.2, 0.25) is 0 Å². The first kappa shape index (κ1) is 22.9. The minimum Gasteiger partial charge on any atom is -0.493 e. The summed E-state index contributed by atoms with van der Waals surface area (Å²) >= 11 is 3.37. The number of rotatable bonds is 6. The van der Waals surface area contributed by atoms with Gasteiger partial charge in [-0.15, -0.1) is 0 Å². The number of amides is 2. The van der Waals surface area contributed by atoms with Crippen LogP contribution in [0.1, 0.15) is 67.3 Å². The Hall–Kier alpha value is -2.34. The SMILES string of the molecule is CC(C)CCOc1ccc(Br)cc1C(=O)NNC(=O)c1ccc(C(C)(C)C)cc1. The minimum atomic E-state index is -0.439. The van der Waals surface area contributed by atoms with E-state index in [1.165, 1.54) is 0 Å². The monoisotopic (exact) mass is 460 g/mol. The van der Waals surface area contributed by atoms with Crippen LogP contribution in [0.3, 0.4) is 0 Å². The topological polar surface area (TPSA) is 67.4 Å². The molecule has 0 heterocycles. The molecule has 2 aromatic rings. The van der Waals surface area contributed by atoms with Gasteiger partial charge in [-0.25, -0.2) is 0 Å². The Bertz CT molecular complexity index is 855. The van der Waals surface area contributed by atoms with Crippen LogP contribution in [0.2, 0.25) is 0 Å². The second-order valence-electron chi connectivity index (χ2n) is 8.41. The van der Waals surface area contributed by atoms with Gasteiger partial charge in [-0.05, 0) is 53.6 Å². The highest BCUT2D eigenvalue weighted by Gasteiger charge is 2.17. The molecular formula is C23H29BrN2O3. The van der Waals surface area contributed by atoms with Gasteiger partial charge in [-0.3, -0.25) is 20.4 Å².